The molecule has 2 N–H and O–H groups in total. The second-order valence-electron chi connectivity index (χ2n) is 9.03. The average molecular weight is 551 g/mol. The van der Waals surface area contributed by atoms with E-state index in [4.69, 9.17) is 4.99 Å². The highest BCUT2D eigenvalue weighted by Crippen LogP contribution is 2.22. The monoisotopic (exact) mass is 550 g/mol. The predicted octanol–water partition coefficient (Wildman–Crippen LogP) is 3.17. The van der Waals surface area contributed by atoms with Crippen LogP contribution in [0.3, 0.4) is 0 Å². The van der Waals surface area contributed by atoms with Gasteiger partial charge in [0.2, 0.25) is 0 Å². The second-order valence-corrected chi connectivity index (χ2v) is 11.3. The Hall–Kier alpha value is -0.870. The summed E-state index contributed by atoms with van der Waals surface area (Å²) in [6, 6.07) is 9.07. The Morgan fingerprint density at radius 1 is 1.17 bits per heavy atom. The summed E-state index contributed by atoms with van der Waals surface area (Å²) in [7, 11) is -2.89. The van der Waals surface area contributed by atoms with E-state index in [1.807, 2.05) is 0 Å². The zero-order valence-electron chi connectivity index (χ0n) is 19.1. The van der Waals surface area contributed by atoms with Gasteiger partial charge in [0.15, 0.2) is 5.96 Å². The lowest BCUT2D eigenvalue weighted by Gasteiger charge is -2.32. The zero-order valence-corrected chi connectivity index (χ0v) is 22.2. The van der Waals surface area contributed by atoms with Crippen LogP contribution >= 0.6 is 24.0 Å². The molecule has 0 atom stereocenters. The number of piperidine rings is 1. The third-order valence-electron chi connectivity index (χ3n) is 5.29. The Labute approximate surface area is 200 Å². The topological polar surface area (TPSA) is 73.8 Å². The van der Waals surface area contributed by atoms with Gasteiger partial charge in [-0.25, -0.2) is 13.4 Å². The maximum atomic E-state index is 11.3. The molecule has 0 amide bonds. The molecule has 8 heteroatoms. The first kappa shape index (κ1) is 27.2. The largest absolute Gasteiger partial charge is 0.357 e. The smallest absolute Gasteiger partial charge is 0.191 e. The normalized spacial score (nSPS) is 16.8. The van der Waals surface area contributed by atoms with Gasteiger partial charge in [-0.1, -0.05) is 45.0 Å². The fraction of sp³-hybridized carbons (Fsp3) is 0.682. The molecule has 0 bridgehead atoms. The maximum absolute atomic E-state index is 11.3. The molecule has 0 spiro atoms. The molecule has 1 saturated heterocycles. The molecular weight excluding hydrogens is 511 g/mol. The SMILES string of the molecule is CCNC(=NCc1ccc(C(C)(C)C)cc1)NC1CCN(CCS(C)(=O)=O)CC1.I. The van der Waals surface area contributed by atoms with Crippen molar-refractivity contribution in [2.75, 3.05) is 38.2 Å². The third-order valence-corrected chi connectivity index (χ3v) is 6.21. The number of rotatable bonds is 7. The van der Waals surface area contributed by atoms with E-state index >= 15 is 0 Å². The molecule has 1 fully saturated rings. The summed E-state index contributed by atoms with van der Waals surface area (Å²) in [5, 5.41) is 6.89. The number of benzene rings is 1. The van der Waals surface area contributed by atoms with Crippen molar-refractivity contribution >= 4 is 39.8 Å². The molecule has 1 heterocycles. The lowest BCUT2D eigenvalue weighted by atomic mass is 9.87. The highest BCUT2D eigenvalue weighted by atomic mass is 127. The summed E-state index contributed by atoms with van der Waals surface area (Å²) in [6.07, 6.45) is 3.29. The van der Waals surface area contributed by atoms with Gasteiger partial charge in [0.25, 0.3) is 0 Å². The lowest BCUT2D eigenvalue weighted by molar-refractivity contribution is 0.216. The number of halogens is 1. The minimum Gasteiger partial charge on any atom is -0.357 e. The van der Waals surface area contributed by atoms with Crippen molar-refractivity contribution in [1.82, 2.24) is 15.5 Å². The molecule has 0 aromatic heterocycles. The van der Waals surface area contributed by atoms with Crippen LogP contribution in [0, 0.1) is 0 Å². The zero-order chi connectivity index (χ0) is 21.5. The van der Waals surface area contributed by atoms with Crippen molar-refractivity contribution in [3.8, 4) is 0 Å². The van der Waals surface area contributed by atoms with Gasteiger partial charge in [-0.05, 0) is 36.3 Å². The van der Waals surface area contributed by atoms with Crippen LogP contribution in [-0.4, -0.2) is 63.5 Å². The fourth-order valence-corrected chi connectivity index (χ4v) is 3.98. The van der Waals surface area contributed by atoms with Crippen LogP contribution in [-0.2, 0) is 21.8 Å². The van der Waals surface area contributed by atoms with Crippen molar-refractivity contribution in [2.45, 2.75) is 58.5 Å². The van der Waals surface area contributed by atoms with E-state index in [0.717, 1.165) is 38.4 Å². The summed E-state index contributed by atoms with van der Waals surface area (Å²) in [5.74, 6) is 1.09. The molecule has 0 aliphatic carbocycles. The number of likely N-dealkylation sites (tertiary alicyclic amines) is 1. The van der Waals surface area contributed by atoms with E-state index in [0.29, 0.717) is 19.1 Å². The number of nitrogens with zero attached hydrogens (tertiary/aromatic N) is 2. The highest BCUT2D eigenvalue weighted by Gasteiger charge is 2.20. The second kappa shape index (κ2) is 12.2. The maximum Gasteiger partial charge on any atom is 0.191 e. The first-order chi connectivity index (χ1) is 13.6. The van der Waals surface area contributed by atoms with Gasteiger partial charge in [0, 0.05) is 38.5 Å². The molecular formula is C22H39IN4O2S. The Bertz CT molecular complexity index is 765. The first-order valence-corrected chi connectivity index (χ1v) is 12.7. The summed E-state index contributed by atoms with van der Waals surface area (Å²) >= 11 is 0. The summed E-state index contributed by atoms with van der Waals surface area (Å²) < 4.78 is 22.7. The van der Waals surface area contributed by atoms with Crippen LogP contribution in [0.1, 0.15) is 51.7 Å². The Morgan fingerprint density at radius 2 is 1.77 bits per heavy atom. The molecule has 30 heavy (non-hydrogen) atoms. The van der Waals surface area contributed by atoms with E-state index in [-0.39, 0.29) is 35.1 Å². The van der Waals surface area contributed by atoms with Crippen molar-refractivity contribution in [3.63, 3.8) is 0 Å². The van der Waals surface area contributed by atoms with E-state index in [1.54, 1.807) is 0 Å². The first-order valence-electron chi connectivity index (χ1n) is 10.6. The number of nitrogens with one attached hydrogen (secondary N) is 2. The number of guanidine groups is 1. The van der Waals surface area contributed by atoms with Crippen LogP contribution in [0.15, 0.2) is 29.3 Å². The Balaban J connectivity index is 0.00000450. The molecule has 0 saturated carbocycles. The van der Waals surface area contributed by atoms with Crippen molar-refractivity contribution in [1.29, 1.82) is 0 Å². The van der Waals surface area contributed by atoms with Crippen LogP contribution in [0.25, 0.3) is 0 Å². The quantitative estimate of drug-likeness (QED) is 0.310. The molecule has 0 radical (unpaired) electrons. The average Bonchev–Trinajstić information content (AvgIpc) is 2.65. The van der Waals surface area contributed by atoms with Crippen LogP contribution in [0.2, 0.25) is 0 Å². The summed E-state index contributed by atoms with van der Waals surface area (Å²) in [4.78, 5) is 6.99. The highest BCUT2D eigenvalue weighted by molar-refractivity contribution is 14.0. The minimum atomic E-state index is -2.89. The van der Waals surface area contributed by atoms with Crippen molar-refractivity contribution in [2.24, 2.45) is 4.99 Å². The van der Waals surface area contributed by atoms with Gasteiger partial charge in [0.05, 0.1) is 12.3 Å². The molecule has 0 unspecified atom stereocenters. The molecule has 6 nitrogen and oxygen atoms in total. The fourth-order valence-electron chi connectivity index (χ4n) is 3.39. The molecule has 1 aliphatic heterocycles. The van der Waals surface area contributed by atoms with Gasteiger partial charge in [-0.3, -0.25) is 0 Å². The standard InChI is InChI=1S/C22H38N4O2S.HI/c1-6-23-21(24-17-18-7-9-19(10-8-18)22(2,3)4)25-20-11-13-26(14-12-20)15-16-29(5,27)28;/h7-10,20H,6,11-17H2,1-5H3,(H2,23,24,25);1H. The van der Waals surface area contributed by atoms with Crippen LogP contribution in [0.4, 0.5) is 0 Å². The Kier molecular flexibility index (Phi) is 11.1. The summed E-state index contributed by atoms with van der Waals surface area (Å²) in [5.41, 5.74) is 2.69. The van der Waals surface area contributed by atoms with Crippen LogP contribution in [0.5, 0.6) is 0 Å². The van der Waals surface area contributed by atoms with Crippen molar-refractivity contribution in [3.05, 3.63) is 35.4 Å². The predicted molar refractivity (Wildman–Crippen MR) is 138 cm³/mol. The van der Waals surface area contributed by atoms with E-state index in [1.165, 1.54) is 17.4 Å². The number of hydrogen-bond acceptors (Lipinski definition) is 4. The lowest BCUT2D eigenvalue weighted by Crippen LogP contribution is -2.49. The van der Waals surface area contributed by atoms with Gasteiger partial charge in [-0.15, -0.1) is 24.0 Å². The van der Waals surface area contributed by atoms with Gasteiger partial charge in [-0.2, -0.15) is 0 Å². The van der Waals surface area contributed by atoms with Crippen molar-refractivity contribution < 1.29 is 8.42 Å². The van der Waals surface area contributed by atoms with Gasteiger partial charge in [0.1, 0.15) is 9.84 Å². The van der Waals surface area contributed by atoms with Gasteiger partial charge < -0.3 is 15.5 Å². The minimum absolute atomic E-state index is 0. The van der Waals surface area contributed by atoms with E-state index in [2.05, 4.69) is 67.5 Å². The number of hydrogen-bond donors (Lipinski definition) is 2. The number of sulfone groups is 1. The van der Waals surface area contributed by atoms with E-state index < -0.39 is 9.84 Å². The summed E-state index contributed by atoms with van der Waals surface area (Å²) in [6.45, 7) is 12.7. The van der Waals surface area contributed by atoms with Crippen LogP contribution < -0.4 is 10.6 Å². The van der Waals surface area contributed by atoms with E-state index in [9.17, 15) is 8.42 Å². The molecule has 2 rings (SSSR count). The Morgan fingerprint density at radius 3 is 2.27 bits per heavy atom. The molecule has 1 aromatic rings. The number of aliphatic imine (C=N–C) groups is 1. The van der Waals surface area contributed by atoms with Gasteiger partial charge >= 0.3 is 0 Å². The molecule has 172 valence electrons. The third kappa shape index (κ3) is 9.96. The molecule has 1 aromatic carbocycles. The molecule has 1 aliphatic rings.